The summed E-state index contributed by atoms with van der Waals surface area (Å²) in [4.78, 5) is 19.7. The van der Waals surface area contributed by atoms with Crippen molar-refractivity contribution in [2.75, 3.05) is 36.0 Å². The minimum Gasteiger partial charge on any atom is -0.353 e. The minimum absolute atomic E-state index is 0.849. The summed E-state index contributed by atoms with van der Waals surface area (Å²) < 4.78 is 0. The van der Waals surface area contributed by atoms with Crippen molar-refractivity contribution in [3.8, 4) is 0 Å². The van der Waals surface area contributed by atoms with Crippen LogP contribution in [0.1, 0.15) is 17.0 Å². The molecule has 3 aromatic rings. The van der Waals surface area contributed by atoms with E-state index in [-0.39, 0.29) is 0 Å². The summed E-state index contributed by atoms with van der Waals surface area (Å²) in [5, 5.41) is 3.39. The number of piperazine rings is 1. The SMILES string of the molecule is Cc1ccnc(N2CCN(c3nc(C)nc4scc(C)c34)CC2)c1. The van der Waals surface area contributed by atoms with E-state index in [1.807, 2.05) is 19.2 Å². The predicted octanol–water partition coefficient (Wildman–Crippen LogP) is 3.34. The fourth-order valence-electron chi connectivity index (χ4n) is 3.24. The Kier molecular flexibility index (Phi) is 3.84. The third-order valence-electron chi connectivity index (χ3n) is 4.51. The molecule has 5 nitrogen and oxygen atoms in total. The highest BCUT2D eigenvalue weighted by molar-refractivity contribution is 7.17. The highest BCUT2D eigenvalue weighted by Gasteiger charge is 2.22. The molecule has 1 aliphatic heterocycles. The lowest BCUT2D eigenvalue weighted by molar-refractivity contribution is 0.642. The van der Waals surface area contributed by atoms with Crippen LogP contribution in [0.15, 0.2) is 23.7 Å². The molecule has 0 aliphatic carbocycles. The number of anilines is 2. The summed E-state index contributed by atoms with van der Waals surface area (Å²) >= 11 is 1.71. The molecule has 3 aromatic heterocycles. The molecule has 24 heavy (non-hydrogen) atoms. The fraction of sp³-hybridized carbons (Fsp3) is 0.389. The number of hydrogen-bond acceptors (Lipinski definition) is 6. The molecule has 124 valence electrons. The van der Waals surface area contributed by atoms with Gasteiger partial charge in [-0.25, -0.2) is 15.0 Å². The molecular formula is C18H21N5S. The number of hydrogen-bond donors (Lipinski definition) is 0. The first kappa shape index (κ1) is 15.3. The van der Waals surface area contributed by atoms with Gasteiger partial charge in [0.15, 0.2) is 0 Å². The molecule has 1 saturated heterocycles. The maximum absolute atomic E-state index is 4.76. The maximum atomic E-state index is 4.76. The van der Waals surface area contributed by atoms with Gasteiger partial charge in [-0.3, -0.25) is 0 Å². The molecule has 0 bridgehead atoms. The molecule has 6 heteroatoms. The van der Waals surface area contributed by atoms with E-state index < -0.39 is 0 Å². The quantitative estimate of drug-likeness (QED) is 0.716. The molecular weight excluding hydrogens is 318 g/mol. The summed E-state index contributed by atoms with van der Waals surface area (Å²) in [7, 11) is 0. The largest absolute Gasteiger partial charge is 0.353 e. The van der Waals surface area contributed by atoms with E-state index in [0.717, 1.165) is 48.5 Å². The van der Waals surface area contributed by atoms with Crippen LogP contribution in [0.4, 0.5) is 11.6 Å². The number of pyridine rings is 1. The Morgan fingerprint density at radius 2 is 1.75 bits per heavy atom. The molecule has 0 saturated carbocycles. The number of aromatic nitrogens is 3. The van der Waals surface area contributed by atoms with Crippen molar-refractivity contribution in [3.63, 3.8) is 0 Å². The molecule has 0 aromatic carbocycles. The first-order chi connectivity index (χ1) is 11.6. The average molecular weight is 339 g/mol. The summed E-state index contributed by atoms with van der Waals surface area (Å²) in [6, 6.07) is 4.20. The monoisotopic (exact) mass is 339 g/mol. The second-order valence-corrected chi connectivity index (χ2v) is 7.22. The molecule has 0 N–H and O–H groups in total. The molecule has 1 fully saturated rings. The zero-order valence-electron chi connectivity index (χ0n) is 14.3. The normalized spacial score (nSPS) is 15.3. The summed E-state index contributed by atoms with van der Waals surface area (Å²) in [5.41, 5.74) is 2.53. The van der Waals surface area contributed by atoms with Crippen molar-refractivity contribution in [2.45, 2.75) is 20.8 Å². The van der Waals surface area contributed by atoms with Crippen molar-refractivity contribution < 1.29 is 0 Å². The van der Waals surface area contributed by atoms with Gasteiger partial charge in [-0.2, -0.15) is 0 Å². The van der Waals surface area contributed by atoms with Crippen molar-refractivity contribution in [1.82, 2.24) is 15.0 Å². The van der Waals surface area contributed by atoms with Crippen molar-refractivity contribution in [1.29, 1.82) is 0 Å². The van der Waals surface area contributed by atoms with Crippen LogP contribution in [0.3, 0.4) is 0 Å². The lowest BCUT2D eigenvalue weighted by atomic mass is 10.2. The van der Waals surface area contributed by atoms with E-state index in [1.54, 1.807) is 11.3 Å². The first-order valence-electron chi connectivity index (χ1n) is 8.27. The molecule has 0 atom stereocenters. The predicted molar refractivity (Wildman–Crippen MR) is 100 cm³/mol. The average Bonchev–Trinajstić information content (AvgIpc) is 2.95. The standard InChI is InChI=1S/C18H21N5S/c1-12-4-5-19-15(10-12)22-6-8-23(9-7-22)17-16-13(2)11-24-18(16)21-14(3)20-17/h4-5,10-11H,6-9H2,1-3H3. The highest BCUT2D eigenvalue weighted by Crippen LogP contribution is 2.32. The Bertz CT molecular complexity index is 880. The Hall–Kier alpha value is -2.21. The van der Waals surface area contributed by atoms with Gasteiger partial charge < -0.3 is 9.80 Å². The van der Waals surface area contributed by atoms with Crippen LogP contribution in [-0.2, 0) is 0 Å². The lowest BCUT2D eigenvalue weighted by Gasteiger charge is -2.36. The van der Waals surface area contributed by atoms with E-state index in [2.05, 4.69) is 45.1 Å². The van der Waals surface area contributed by atoms with E-state index in [0.29, 0.717) is 0 Å². The van der Waals surface area contributed by atoms with Crippen LogP contribution in [0.25, 0.3) is 10.2 Å². The van der Waals surface area contributed by atoms with Crippen LogP contribution in [0, 0.1) is 20.8 Å². The van der Waals surface area contributed by atoms with Crippen LogP contribution >= 0.6 is 11.3 Å². The maximum Gasteiger partial charge on any atom is 0.141 e. The Morgan fingerprint density at radius 1 is 1.00 bits per heavy atom. The smallest absolute Gasteiger partial charge is 0.141 e. The molecule has 1 aliphatic rings. The highest BCUT2D eigenvalue weighted by atomic mass is 32.1. The van der Waals surface area contributed by atoms with Gasteiger partial charge in [-0.05, 0) is 49.4 Å². The number of nitrogens with zero attached hydrogens (tertiary/aromatic N) is 5. The van der Waals surface area contributed by atoms with Gasteiger partial charge in [-0.1, -0.05) is 0 Å². The van der Waals surface area contributed by atoms with Crippen LogP contribution in [-0.4, -0.2) is 41.1 Å². The zero-order chi connectivity index (χ0) is 16.7. The molecule has 0 unspecified atom stereocenters. The van der Waals surface area contributed by atoms with E-state index in [4.69, 9.17) is 4.98 Å². The lowest BCUT2D eigenvalue weighted by Crippen LogP contribution is -2.47. The van der Waals surface area contributed by atoms with Crippen molar-refractivity contribution in [2.24, 2.45) is 0 Å². The van der Waals surface area contributed by atoms with Crippen LogP contribution < -0.4 is 9.80 Å². The van der Waals surface area contributed by atoms with E-state index >= 15 is 0 Å². The van der Waals surface area contributed by atoms with Gasteiger partial charge in [-0.15, -0.1) is 11.3 Å². The number of rotatable bonds is 2. The van der Waals surface area contributed by atoms with Crippen LogP contribution in [0.2, 0.25) is 0 Å². The minimum atomic E-state index is 0.849. The van der Waals surface area contributed by atoms with Gasteiger partial charge in [0, 0.05) is 32.4 Å². The van der Waals surface area contributed by atoms with Gasteiger partial charge in [0.25, 0.3) is 0 Å². The molecule has 4 rings (SSSR count). The summed E-state index contributed by atoms with van der Waals surface area (Å²) in [6.45, 7) is 10.1. The van der Waals surface area contributed by atoms with Gasteiger partial charge in [0.2, 0.25) is 0 Å². The van der Waals surface area contributed by atoms with Crippen molar-refractivity contribution >= 4 is 33.2 Å². The Morgan fingerprint density at radius 3 is 2.50 bits per heavy atom. The molecule has 4 heterocycles. The number of aryl methyl sites for hydroxylation is 3. The first-order valence-corrected chi connectivity index (χ1v) is 9.15. The zero-order valence-corrected chi connectivity index (χ0v) is 15.1. The Balaban J connectivity index is 1.59. The van der Waals surface area contributed by atoms with E-state index in [1.165, 1.54) is 16.5 Å². The molecule has 0 spiro atoms. The topological polar surface area (TPSA) is 45.2 Å². The molecule has 0 radical (unpaired) electrons. The van der Waals surface area contributed by atoms with Crippen LogP contribution in [0.5, 0.6) is 0 Å². The second-order valence-electron chi connectivity index (χ2n) is 6.36. The third kappa shape index (κ3) is 2.71. The van der Waals surface area contributed by atoms with Gasteiger partial charge in [0.1, 0.15) is 22.3 Å². The Labute approximate surface area is 146 Å². The van der Waals surface area contributed by atoms with E-state index in [9.17, 15) is 0 Å². The summed E-state index contributed by atoms with van der Waals surface area (Å²) in [6.07, 6.45) is 1.89. The van der Waals surface area contributed by atoms with Crippen molar-refractivity contribution in [3.05, 3.63) is 40.7 Å². The third-order valence-corrected chi connectivity index (χ3v) is 5.50. The van der Waals surface area contributed by atoms with Gasteiger partial charge in [0.05, 0.1) is 5.39 Å². The number of fused-ring (bicyclic) bond motifs is 1. The molecule has 0 amide bonds. The van der Waals surface area contributed by atoms with Gasteiger partial charge >= 0.3 is 0 Å². The summed E-state index contributed by atoms with van der Waals surface area (Å²) in [5.74, 6) is 3.01. The fourth-order valence-corrected chi connectivity index (χ4v) is 4.20. The number of thiophene rings is 1. The second kappa shape index (κ2) is 6.02.